The van der Waals surface area contributed by atoms with E-state index in [2.05, 4.69) is 57.8 Å². The molecule has 0 atom stereocenters. The van der Waals surface area contributed by atoms with Gasteiger partial charge in [-0.05, 0) is 55.9 Å². The summed E-state index contributed by atoms with van der Waals surface area (Å²) < 4.78 is 8.28. The van der Waals surface area contributed by atoms with Gasteiger partial charge in [0.1, 0.15) is 5.75 Å². The van der Waals surface area contributed by atoms with Gasteiger partial charge in [0.25, 0.3) is 0 Å². The van der Waals surface area contributed by atoms with Gasteiger partial charge in [-0.3, -0.25) is 0 Å². The first kappa shape index (κ1) is 13.8. The third-order valence-corrected chi connectivity index (χ3v) is 3.31. The van der Waals surface area contributed by atoms with Gasteiger partial charge >= 0.3 is 0 Å². The molecule has 0 spiro atoms. The average molecular weight is 414 g/mol. The minimum Gasteiger partial charge on any atom is -0.491 e. The van der Waals surface area contributed by atoms with Crippen LogP contribution in [0.2, 0.25) is 0 Å². The fourth-order valence-electron chi connectivity index (χ4n) is 1.02. The fraction of sp³-hybridized carbons (Fsp3) is 0.333. The minimum absolute atomic E-state index is 0.447. The second kappa shape index (κ2) is 7.17. The second-order valence-electron chi connectivity index (χ2n) is 2.86. The molecule has 16 heavy (non-hydrogen) atoms. The van der Waals surface area contributed by atoms with Crippen molar-refractivity contribution in [2.45, 2.75) is 6.42 Å². The van der Waals surface area contributed by atoms with Gasteiger partial charge in [-0.15, -0.1) is 0 Å². The normalized spacial score (nSPS) is 9.69. The maximum absolute atomic E-state index is 8.10. The average Bonchev–Trinajstić information content (AvgIpc) is 2.20. The summed E-state index contributed by atoms with van der Waals surface area (Å²) in [5, 5.41) is 3.43. The molecule has 0 N–H and O–H groups in total. The summed E-state index contributed by atoms with van der Waals surface area (Å²) in [6.45, 7) is 0.958. The number of ether oxygens (including phenoxy) is 1. The molecule has 0 aliphatic heterocycles. The maximum Gasteiger partial charge on any atom is 0.147 e. The summed E-state index contributed by atoms with van der Waals surface area (Å²) >= 11 is 10.2. The molecule has 4 nitrogen and oxygen atoms in total. The number of azide groups is 1. The standard InChI is InChI=1S/C9H8Br3N3O/c10-6-4-7(11)9(8(12)5-6)16-3-1-2-14-15-13/h4-5H,1-3H2. The Labute approximate surface area is 118 Å². The van der Waals surface area contributed by atoms with Crippen LogP contribution in [-0.2, 0) is 0 Å². The molecule has 0 aliphatic carbocycles. The first-order valence-corrected chi connectivity index (χ1v) is 6.81. The molecule has 1 rings (SSSR count). The number of rotatable bonds is 5. The SMILES string of the molecule is [N-]=[N+]=NCCCOc1c(Br)cc(Br)cc1Br. The molecule has 0 bridgehead atoms. The Hall–Kier alpha value is -0.230. The maximum atomic E-state index is 8.10. The van der Waals surface area contributed by atoms with Gasteiger partial charge in [0.05, 0.1) is 15.6 Å². The third kappa shape index (κ3) is 4.33. The molecule has 0 saturated heterocycles. The molecule has 7 heteroatoms. The molecule has 0 radical (unpaired) electrons. The van der Waals surface area contributed by atoms with E-state index in [-0.39, 0.29) is 0 Å². The zero-order valence-electron chi connectivity index (χ0n) is 8.16. The van der Waals surface area contributed by atoms with Gasteiger partial charge in [0.15, 0.2) is 0 Å². The highest BCUT2D eigenvalue weighted by Gasteiger charge is 2.07. The smallest absolute Gasteiger partial charge is 0.147 e. The van der Waals surface area contributed by atoms with Gasteiger partial charge in [-0.2, -0.15) is 0 Å². The van der Waals surface area contributed by atoms with Crippen LogP contribution in [0.5, 0.6) is 5.75 Å². The summed E-state index contributed by atoms with van der Waals surface area (Å²) in [6, 6.07) is 3.82. The lowest BCUT2D eigenvalue weighted by Crippen LogP contribution is -2.00. The van der Waals surface area contributed by atoms with E-state index in [0.717, 1.165) is 19.2 Å². The summed E-state index contributed by atoms with van der Waals surface area (Å²) in [4.78, 5) is 2.67. The molecule has 0 fully saturated rings. The van der Waals surface area contributed by atoms with Crippen molar-refractivity contribution in [1.29, 1.82) is 0 Å². The first-order valence-electron chi connectivity index (χ1n) is 4.43. The Morgan fingerprint density at radius 2 is 1.88 bits per heavy atom. The summed E-state index contributed by atoms with van der Waals surface area (Å²) in [6.07, 6.45) is 0.693. The molecule has 0 amide bonds. The number of nitrogens with zero attached hydrogens (tertiary/aromatic N) is 3. The van der Waals surface area contributed by atoms with Crippen molar-refractivity contribution >= 4 is 47.8 Å². The summed E-state index contributed by atoms with van der Waals surface area (Å²) in [5.41, 5.74) is 8.10. The molecule has 0 aliphatic rings. The van der Waals surface area contributed by atoms with Crippen molar-refractivity contribution < 1.29 is 4.74 Å². The van der Waals surface area contributed by atoms with Crippen molar-refractivity contribution in [2.75, 3.05) is 13.2 Å². The van der Waals surface area contributed by atoms with Crippen molar-refractivity contribution in [3.63, 3.8) is 0 Å². The van der Waals surface area contributed by atoms with Crippen LogP contribution in [-0.4, -0.2) is 13.2 Å². The van der Waals surface area contributed by atoms with Gasteiger partial charge in [-0.25, -0.2) is 0 Å². The number of hydrogen-bond acceptors (Lipinski definition) is 2. The van der Waals surface area contributed by atoms with Crippen LogP contribution in [0, 0.1) is 0 Å². The highest BCUT2D eigenvalue weighted by Crippen LogP contribution is 2.36. The number of benzene rings is 1. The van der Waals surface area contributed by atoms with Gasteiger partial charge in [0, 0.05) is 15.9 Å². The zero-order valence-corrected chi connectivity index (χ0v) is 12.9. The second-order valence-corrected chi connectivity index (χ2v) is 5.48. The van der Waals surface area contributed by atoms with Crippen LogP contribution in [0.4, 0.5) is 0 Å². The third-order valence-electron chi connectivity index (χ3n) is 1.68. The van der Waals surface area contributed by atoms with Crippen molar-refractivity contribution in [1.82, 2.24) is 0 Å². The quantitative estimate of drug-likeness (QED) is 0.288. The Kier molecular flexibility index (Phi) is 6.20. The predicted octanol–water partition coefficient (Wildman–Crippen LogP) is 5.05. The van der Waals surface area contributed by atoms with Crippen LogP contribution in [0.15, 0.2) is 30.7 Å². The van der Waals surface area contributed by atoms with Crippen LogP contribution in [0.1, 0.15) is 6.42 Å². The van der Waals surface area contributed by atoms with E-state index in [9.17, 15) is 0 Å². The van der Waals surface area contributed by atoms with E-state index in [1.807, 2.05) is 12.1 Å². The predicted molar refractivity (Wildman–Crippen MR) is 73.7 cm³/mol. The van der Waals surface area contributed by atoms with E-state index in [0.29, 0.717) is 19.6 Å². The molecule has 0 aromatic heterocycles. The Balaban J connectivity index is 2.57. The van der Waals surface area contributed by atoms with Gasteiger partial charge in [-0.1, -0.05) is 21.0 Å². The van der Waals surface area contributed by atoms with Gasteiger partial charge < -0.3 is 4.74 Å². The Morgan fingerprint density at radius 3 is 2.44 bits per heavy atom. The number of hydrogen-bond donors (Lipinski definition) is 0. The van der Waals surface area contributed by atoms with Crippen LogP contribution in [0.3, 0.4) is 0 Å². The monoisotopic (exact) mass is 411 g/mol. The topological polar surface area (TPSA) is 58.0 Å². The first-order chi connectivity index (χ1) is 7.65. The van der Waals surface area contributed by atoms with Crippen LogP contribution < -0.4 is 4.74 Å². The molecule has 0 heterocycles. The lowest BCUT2D eigenvalue weighted by atomic mass is 10.3. The Morgan fingerprint density at radius 1 is 1.25 bits per heavy atom. The van der Waals surface area contributed by atoms with Crippen molar-refractivity contribution in [3.8, 4) is 5.75 Å². The summed E-state index contributed by atoms with van der Waals surface area (Å²) in [7, 11) is 0. The van der Waals surface area contributed by atoms with Gasteiger partial charge in [0.2, 0.25) is 0 Å². The summed E-state index contributed by atoms with van der Waals surface area (Å²) in [5.74, 6) is 0.754. The molecule has 1 aromatic carbocycles. The van der Waals surface area contributed by atoms with E-state index in [1.165, 1.54) is 0 Å². The Bertz CT molecular complexity index is 395. The molecule has 86 valence electrons. The van der Waals surface area contributed by atoms with Crippen molar-refractivity contribution in [3.05, 3.63) is 36.0 Å². The molecular formula is C9H8Br3N3O. The largest absolute Gasteiger partial charge is 0.491 e. The lowest BCUT2D eigenvalue weighted by Gasteiger charge is -2.10. The van der Waals surface area contributed by atoms with Crippen molar-refractivity contribution in [2.24, 2.45) is 5.11 Å². The van der Waals surface area contributed by atoms with E-state index >= 15 is 0 Å². The molecular weight excluding hydrogens is 406 g/mol. The van der Waals surface area contributed by atoms with E-state index in [4.69, 9.17) is 10.3 Å². The number of halogens is 3. The van der Waals surface area contributed by atoms with E-state index in [1.54, 1.807) is 0 Å². The molecule has 0 saturated carbocycles. The fourth-order valence-corrected chi connectivity index (χ4v) is 3.51. The zero-order chi connectivity index (χ0) is 12.0. The van der Waals surface area contributed by atoms with Crippen LogP contribution >= 0.6 is 47.8 Å². The van der Waals surface area contributed by atoms with Crippen LogP contribution in [0.25, 0.3) is 10.4 Å². The highest BCUT2D eigenvalue weighted by atomic mass is 79.9. The molecule has 0 unspecified atom stereocenters. The molecule has 1 aromatic rings. The van der Waals surface area contributed by atoms with E-state index < -0.39 is 0 Å². The lowest BCUT2D eigenvalue weighted by molar-refractivity contribution is 0.309. The minimum atomic E-state index is 0.447. The highest BCUT2D eigenvalue weighted by molar-refractivity contribution is 9.11.